The van der Waals surface area contributed by atoms with Crippen LogP contribution in [0, 0.1) is 11.3 Å². The molecule has 0 unspecified atom stereocenters. The van der Waals surface area contributed by atoms with Gasteiger partial charge in [-0.1, -0.05) is 19.1 Å². The molecule has 2 N–H and O–H groups in total. The normalized spacial score (nSPS) is 10.1. The summed E-state index contributed by atoms with van der Waals surface area (Å²) in [4.78, 5) is 15.9. The van der Waals surface area contributed by atoms with Gasteiger partial charge in [-0.15, -0.1) is 0 Å². The van der Waals surface area contributed by atoms with E-state index in [1.807, 2.05) is 6.92 Å². The van der Waals surface area contributed by atoms with Gasteiger partial charge in [-0.05, 0) is 12.1 Å². The molecule has 6 nitrogen and oxygen atoms in total. The van der Waals surface area contributed by atoms with E-state index in [0.29, 0.717) is 23.5 Å². The van der Waals surface area contributed by atoms with Crippen molar-refractivity contribution < 1.29 is 9.53 Å². The van der Waals surface area contributed by atoms with Gasteiger partial charge in [0.25, 0.3) is 0 Å². The van der Waals surface area contributed by atoms with Crippen LogP contribution < -0.4 is 5.73 Å². The monoisotopic (exact) mass is 270 g/mol. The number of para-hydroxylation sites is 1. The molecule has 1 aromatic heterocycles. The third kappa shape index (κ3) is 2.10. The lowest BCUT2D eigenvalue weighted by Crippen LogP contribution is -2.09. The number of esters is 1. The molecular weight excluding hydrogens is 256 g/mol. The van der Waals surface area contributed by atoms with Gasteiger partial charge in [0.05, 0.1) is 18.4 Å². The van der Waals surface area contributed by atoms with Crippen molar-refractivity contribution in [1.29, 1.82) is 5.26 Å². The number of anilines is 1. The topological polar surface area (TPSA) is 93.9 Å². The summed E-state index contributed by atoms with van der Waals surface area (Å²) in [5.74, 6) is 0.187. The van der Waals surface area contributed by atoms with Crippen LogP contribution in [-0.4, -0.2) is 22.6 Å². The first-order valence-corrected chi connectivity index (χ1v) is 6.08. The molecule has 0 saturated carbocycles. The Hall–Kier alpha value is -2.81. The summed E-state index contributed by atoms with van der Waals surface area (Å²) in [6, 6.07) is 9.12. The second-order valence-electron chi connectivity index (χ2n) is 4.07. The number of nitrogens with two attached hydrogens (primary N) is 1. The Morgan fingerprint density at radius 2 is 2.20 bits per heavy atom. The van der Waals surface area contributed by atoms with Gasteiger partial charge in [-0.25, -0.2) is 9.78 Å². The Bertz CT molecular complexity index is 698. The van der Waals surface area contributed by atoms with E-state index in [1.165, 1.54) is 7.11 Å². The number of rotatable bonds is 3. The molecule has 0 spiro atoms. The lowest BCUT2D eigenvalue weighted by Gasteiger charge is -2.10. The number of nitriles is 1. The van der Waals surface area contributed by atoms with E-state index in [0.717, 1.165) is 0 Å². The van der Waals surface area contributed by atoms with Crippen LogP contribution in [0.25, 0.3) is 5.69 Å². The van der Waals surface area contributed by atoms with Gasteiger partial charge < -0.3 is 10.5 Å². The number of ether oxygens (including phenoxy) is 1. The summed E-state index contributed by atoms with van der Waals surface area (Å²) in [5, 5.41) is 9.18. The maximum atomic E-state index is 11.7. The zero-order valence-corrected chi connectivity index (χ0v) is 11.3. The number of hydrogen-bond donors (Lipinski definition) is 1. The Morgan fingerprint density at radius 1 is 1.50 bits per heavy atom. The second kappa shape index (κ2) is 5.45. The molecule has 20 heavy (non-hydrogen) atoms. The second-order valence-corrected chi connectivity index (χ2v) is 4.07. The van der Waals surface area contributed by atoms with E-state index in [2.05, 4.69) is 15.8 Å². The lowest BCUT2D eigenvalue weighted by molar-refractivity contribution is 0.0596. The van der Waals surface area contributed by atoms with E-state index < -0.39 is 5.97 Å². The first kappa shape index (κ1) is 13.6. The SMILES string of the molecule is CCc1nc(C(=O)OC)c(N)n1-c1ccccc1C#N. The predicted molar refractivity (Wildman–Crippen MR) is 73.4 cm³/mol. The maximum Gasteiger partial charge on any atom is 0.360 e. The molecule has 102 valence electrons. The first-order valence-electron chi connectivity index (χ1n) is 6.08. The van der Waals surface area contributed by atoms with Crippen LogP contribution in [0.4, 0.5) is 5.82 Å². The highest BCUT2D eigenvalue weighted by atomic mass is 16.5. The van der Waals surface area contributed by atoms with Crippen LogP contribution in [0.5, 0.6) is 0 Å². The van der Waals surface area contributed by atoms with Crippen molar-refractivity contribution in [3.05, 3.63) is 41.3 Å². The highest BCUT2D eigenvalue weighted by Crippen LogP contribution is 2.24. The van der Waals surface area contributed by atoms with Gasteiger partial charge in [0.15, 0.2) is 5.69 Å². The summed E-state index contributed by atoms with van der Waals surface area (Å²) in [7, 11) is 1.27. The summed E-state index contributed by atoms with van der Waals surface area (Å²) >= 11 is 0. The van der Waals surface area contributed by atoms with Crippen molar-refractivity contribution in [2.24, 2.45) is 0 Å². The minimum Gasteiger partial charge on any atom is -0.464 e. The van der Waals surface area contributed by atoms with Crippen LogP contribution in [0.1, 0.15) is 28.8 Å². The smallest absolute Gasteiger partial charge is 0.360 e. The van der Waals surface area contributed by atoms with Crippen molar-refractivity contribution in [3.8, 4) is 11.8 Å². The van der Waals surface area contributed by atoms with Crippen molar-refractivity contribution in [2.75, 3.05) is 12.8 Å². The van der Waals surface area contributed by atoms with Crippen molar-refractivity contribution in [2.45, 2.75) is 13.3 Å². The number of aromatic nitrogens is 2. The molecule has 0 radical (unpaired) electrons. The number of benzene rings is 1. The number of hydrogen-bond acceptors (Lipinski definition) is 5. The predicted octanol–water partition coefficient (Wildman–Crippen LogP) is 1.68. The van der Waals surface area contributed by atoms with Crippen LogP contribution in [0.15, 0.2) is 24.3 Å². The van der Waals surface area contributed by atoms with Gasteiger partial charge in [-0.3, -0.25) is 4.57 Å². The molecule has 0 amide bonds. The van der Waals surface area contributed by atoms with Crippen molar-refractivity contribution in [1.82, 2.24) is 9.55 Å². The van der Waals surface area contributed by atoms with E-state index in [9.17, 15) is 10.1 Å². The Kier molecular flexibility index (Phi) is 3.71. The average molecular weight is 270 g/mol. The third-order valence-electron chi connectivity index (χ3n) is 2.94. The van der Waals surface area contributed by atoms with Gasteiger partial charge >= 0.3 is 5.97 Å². The summed E-state index contributed by atoms with van der Waals surface area (Å²) in [6.45, 7) is 1.90. The minimum absolute atomic E-state index is 0.0668. The summed E-state index contributed by atoms with van der Waals surface area (Å²) < 4.78 is 6.28. The molecular formula is C14H14N4O2. The van der Waals surface area contributed by atoms with Gasteiger partial charge in [0, 0.05) is 6.42 Å². The number of imidazole rings is 1. The molecule has 0 aliphatic heterocycles. The number of carbonyl (C=O) groups is 1. The fourth-order valence-electron chi connectivity index (χ4n) is 2.00. The van der Waals surface area contributed by atoms with E-state index in [1.54, 1.807) is 28.8 Å². The van der Waals surface area contributed by atoms with E-state index in [4.69, 9.17) is 5.73 Å². The van der Waals surface area contributed by atoms with Crippen molar-refractivity contribution >= 4 is 11.8 Å². The number of carbonyl (C=O) groups excluding carboxylic acids is 1. The lowest BCUT2D eigenvalue weighted by atomic mass is 10.2. The van der Waals surface area contributed by atoms with E-state index >= 15 is 0 Å². The molecule has 0 aliphatic carbocycles. The van der Waals surface area contributed by atoms with Crippen molar-refractivity contribution in [3.63, 3.8) is 0 Å². The average Bonchev–Trinajstić information content (AvgIpc) is 2.83. The Balaban J connectivity index is 2.71. The highest BCUT2D eigenvalue weighted by Gasteiger charge is 2.22. The molecule has 6 heteroatoms. The Labute approximate surface area is 116 Å². The number of aryl methyl sites for hydroxylation is 1. The minimum atomic E-state index is -0.592. The van der Waals surface area contributed by atoms with Gasteiger partial charge in [0.2, 0.25) is 0 Å². The Morgan fingerprint density at radius 3 is 2.80 bits per heavy atom. The van der Waals surface area contributed by atoms with Crippen LogP contribution >= 0.6 is 0 Å². The quantitative estimate of drug-likeness (QED) is 0.856. The fraction of sp³-hybridized carbons (Fsp3) is 0.214. The van der Waals surface area contributed by atoms with Gasteiger partial charge in [0.1, 0.15) is 17.7 Å². The zero-order chi connectivity index (χ0) is 14.7. The standard InChI is InChI=1S/C14H14N4O2/c1-3-11-17-12(14(19)20-2)13(16)18(11)10-7-5-4-6-9(10)8-15/h4-7H,3,16H2,1-2H3. The zero-order valence-electron chi connectivity index (χ0n) is 11.3. The van der Waals surface area contributed by atoms with Crippen LogP contribution in [0.3, 0.4) is 0 Å². The van der Waals surface area contributed by atoms with Crippen LogP contribution in [0.2, 0.25) is 0 Å². The van der Waals surface area contributed by atoms with E-state index in [-0.39, 0.29) is 11.5 Å². The van der Waals surface area contributed by atoms with Crippen LogP contribution in [-0.2, 0) is 11.2 Å². The maximum absolute atomic E-state index is 11.7. The molecule has 0 saturated heterocycles. The first-order chi connectivity index (χ1) is 9.63. The molecule has 2 rings (SSSR count). The fourth-order valence-corrected chi connectivity index (χ4v) is 2.00. The number of nitrogens with zero attached hydrogens (tertiary/aromatic N) is 3. The molecule has 0 aliphatic rings. The third-order valence-corrected chi connectivity index (χ3v) is 2.94. The highest BCUT2D eigenvalue weighted by molar-refractivity contribution is 5.92. The number of nitrogen functional groups attached to an aromatic ring is 1. The molecule has 0 atom stereocenters. The summed E-state index contributed by atoms with van der Waals surface area (Å²) in [6.07, 6.45) is 0.570. The summed E-state index contributed by atoms with van der Waals surface area (Å²) in [5.41, 5.74) is 7.13. The molecule has 0 bridgehead atoms. The molecule has 1 aromatic carbocycles. The molecule has 2 aromatic rings. The molecule has 0 fully saturated rings. The largest absolute Gasteiger partial charge is 0.464 e. The molecule has 1 heterocycles. The number of methoxy groups -OCH3 is 1. The van der Waals surface area contributed by atoms with Gasteiger partial charge in [-0.2, -0.15) is 5.26 Å².